The molecule has 0 aliphatic carbocycles. The number of rotatable bonds is 8. The number of carbonyl (C=O) groups is 1. The summed E-state index contributed by atoms with van der Waals surface area (Å²) in [6.07, 6.45) is 3.61. The quantitative estimate of drug-likeness (QED) is 0.427. The minimum absolute atomic E-state index is 0.0228. The maximum Gasteiger partial charge on any atom is 0.247 e. The Morgan fingerprint density at radius 2 is 1.50 bits per heavy atom. The van der Waals surface area contributed by atoms with Crippen molar-refractivity contribution in [3.05, 3.63) is 108 Å². The van der Waals surface area contributed by atoms with Crippen LogP contribution in [0.25, 0.3) is 6.08 Å². The average Bonchev–Trinajstić information content (AvgIpc) is 2.76. The van der Waals surface area contributed by atoms with Crippen molar-refractivity contribution in [3.8, 4) is 5.75 Å². The van der Waals surface area contributed by atoms with Crippen LogP contribution in [0.5, 0.6) is 5.75 Å². The predicted molar refractivity (Wildman–Crippen MR) is 123 cm³/mol. The van der Waals surface area contributed by atoms with Gasteiger partial charge in [0.2, 0.25) is 5.91 Å². The molecule has 3 nitrogen and oxygen atoms in total. The van der Waals surface area contributed by atoms with Gasteiger partial charge >= 0.3 is 0 Å². The van der Waals surface area contributed by atoms with Gasteiger partial charge in [0.05, 0.1) is 12.1 Å². The van der Waals surface area contributed by atoms with Gasteiger partial charge in [-0.3, -0.25) is 4.79 Å². The van der Waals surface area contributed by atoms with Gasteiger partial charge < -0.3 is 9.64 Å². The third kappa shape index (κ3) is 5.60. The minimum Gasteiger partial charge on any atom is -0.491 e. The molecule has 0 N–H and O–H groups in total. The number of ether oxygens (including phenoxy) is 1. The second-order valence-electron chi connectivity index (χ2n) is 7.42. The average molecular weight is 400 g/mol. The molecule has 0 aliphatic heterocycles. The number of carbonyl (C=O) groups excluding carboxylic acids is 1. The smallest absolute Gasteiger partial charge is 0.247 e. The highest BCUT2D eigenvalue weighted by Crippen LogP contribution is 2.29. The SMILES string of the molecule is CCN(C(=O)/C=C/c1cccc(OC(C)C)c1)C(c1ccccc1)c1ccccc1. The summed E-state index contributed by atoms with van der Waals surface area (Å²) in [6.45, 7) is 6.62. The summed E-state index contributed by atoms with van der Waals surface area (Å²) in [7, 11) is 0. The molecule has 0 unspecified atom stereocenters. The molecule has 0 atom stereocenters. The highest BCUT2D eigenvalue weighted by atomic mass is 16.5. The molecule has 0 fully saturated rings. The summed E-state index contributed by atoms with van der Waals surface area (Å²) in [5, 5.41) is 0. The molecular weight excluding hydrogens is 370 g/mol. The molecule has 3 aromatic carbocycles. The number of amides is 1. The lowest BCUT2D eigenvalue weighted by Crippen LogP contribution is -2.34. The lowest BCUT2D eigenvalue weighted by Gasteiger charge is -2.31. The highest BCUT2D eigenvalue weighted by Gasteiger charge is 2.24. The van der Waals surface area contributed by atoms with Gasteiger partial charge in [-0.2, -0.15) is 0 Å². The zero-order valence-corrected chi connectivity index (χ0v) is 17.9. The Morgan fingerprint density at radius 3 is 2.03 bits per heavy atom. The Balaban J connectivity index is 1.87. The topological polar surface area (TPSA) is 29.5 Å². The molecule has 3 heteroatoms. The van der Waals surface area contributed by atoms with E-state index in [9.17, 15) is 4.79 Å². The molecule has 0 saturated carbocycles. The van der Waals surface area contributed by atoms with Gasteiger partial charge in [-0.15, -0.1) is 0 Å². The first kappa shape index (κ1) is 21.4. The Bertz CT molecular complexity index is 925. The van der Waals surface area contributed by atoms with Crippen molar-refractivity contribution in [1.29, 1.82) is 0 Å². The molecule has 3 rings (SSSR count). The van der Waals surface area contributed by atoms with Crippen molar-refractivity contribution >= 4 is 12.0 Å². The number of likely N-dealkylation sites (N-methyl/N-ethyl adjacent to an activating group) is 1. The van der Waals surface area contributed by atoms with Crippen LogP contribution in [0.1, 0.15) is 43.5 Å². The van der Waals surface area contributed by atoms with Gasteiger partial charge in [-0.25, -0.2) is 0 Å². The van der Waals surface area contributed by atoms with Crippen molar-refractivity contribution in [2.24, 2.45) is 0 Å². The summed E-state index contributed by atoms with van der Waals surface area (Å²) in [6, 6.07) is 28.0. The Morgan fingerprint density at radius 1 is 0.900 bits per heavy atom. The third-order valence-corrected chi connectivity index (χ3v) is 4.81. The van der Waals surface area contributed by atoms with Crippen LogP contribution < -0.4 is 4.74 Å². The summed E-state index contributed by atoms with van der Waals surface area (Å²) in [4.78, 5) is 15.1. The Labute approximate surface area is 179 Å². The maximum absolute atomic E-state index is 13.2. The molecule has 0 spiro atoms. The first-order chi connectivity index (χ1) is 14.6. The van der Waals surface area contributed by atoms with Crippen LogP contribution in [0.15, 0.2) is 91.0 Å². The van der Waals surface area contributed by atoms with Gasteiger partial charge in [-0.1, -0.05) is 72.8 Å². The van der Waals surface area contributed by atoms with Crippen molar-refractivity contribution in [1.82, 2.24) is 4.90 Å². The molecule has 0 bridgehead atoms. The van der Waals surface area contributed by atoms with Crippen LogP contribution >= 0.6 is 0 Å². The van der Waals surface area contributed by atoms with Crippen molar-refractivity contribution in [2.45, 2.75) is 32.9 Å². The normalized spacial score (nSPS) is 11.2. The summed E-state index contributed by atoms with van der Waals surface area (Å²) < 4.78 is 5.75. The monoisotopic (exact) mass is 399 g/mol. The zero-order valence-electron chi connectivity index (χ0n) is 17.9. The molecule has 30 heavy (non-hydrogen) atoms. The molecule has 0 aromatic heterocycles. The molecule has 0 saturated heterocycles. The van der Waals surface area contributed by atoms with Crippen molar-refractivity contribution in [2.75, 3.05) is 6.54 Å². The van der Waals surface area contributed by atoms with E-state index < -0.39 is 0 Å². The van der Waals surface area contributed by atoms with Crippen molar-refractivity contribution in [3.63, 3.8) is 0 Å². The van der Waals surface area contributed by atoms with E-state index in [1.54, 1.807) is 6.08 Å². The van der Waals surface area contributed by atoms with E-state index in [0.717, 1.165) is 22.4 Å². The lowest BCUT2D eigenvalue weighted by atomic mass is 9.97. The third-order valence-electron chi connectivity index (χ3n) is 4.81. The van der Waals surface area contributed by atoms with E-state index >= 15 is 0 Å². The van der Waals surface area contributed by atoms with Gasteiger partial charge in [0, 0.05) is 12.6 Å². The second-order valence-corrected chi connectivity index (χ2v) is 7.42. The maximum atomic E-state index is 13.2. The minimum atomic E-state index is -0.134. The number of hydrogen-bond acceptors (Lipinski definition) is 2. The first-order valence-electron chi connectivity index (χ1n) is 10.4. The number of nitrogens with zero attached hydrogens (tertiary/aromatic N) is 1. The van der Waals surface area contributed by atoms with Crippen molar-refractivity contribution < 1.29 is 9.53 Å². The molecular formula is C27H29NO2. The Hall–Kier alpha value is -3.33. The first-order valence-corrected chi connectivity index (χ1v) is 10.4. The number of benzene rings is 3. The van der Waals surface area contributed by atoms with E-state index in [4.69, 9.17) is 4.74 Å². The number of hydrogen-bond donors (Lipinski definition) is 0. The summed E-state index contributed by atoms with van der Waals surface area (Å²) in [5.74, 6) is 0.781. The lowest BCUT2D eigenvalue weighted by molar-refractivity contribution is -0.127. The van der Waals surface area contributed by atoms with Gasteiger partial charge in [0.25, 0.3) is 0 Å². The molecule has 0 radical (unpaired) electrons. The van der Waals surface area contributed by atoms with Crippen LogP contribution in [0.2, 0.25) is 0 Å². The molecule has 1 amide bonds. The van der Waals surface area contributed by atoms with Gasteiger partial charge in [-0.05, 0) is 55.7 Å². The molecule has 0 aliphatic rings. The Kier molecular flexibility index (Phi) is 7.45. The zero-order chi connectivity index (χ0) is 21.3. The van der Waals surface area contributed by atoms with E-state index in [1.165, 1.54) is 0 Å². The van der Waals surface area contributed by atoms with Gasteiger partial charge in [0.15, 0.2) is 0 Å². The van der Waals surface area contributed by atoms with Crippen LogP contribution in [-0.2, 0) is 4.79 Å². The summed E-state index contributed by atoms with van der Waals surface area (Å²) in [5.41, 5.74) is 3.13. The van der Waals surface area contributed by atoms with Crippen LogP contribution in [0.4, 0.5) is 0 Å². The fourth-order valence-electron chi connectivity index (χ4n) is 3.52. The van der Waals surface area contributed by atoms with Crippen LogP contribution in [0.3, 0.4) is 0 Å². The second kappa shape index (κ2) is 10.4. The van der Waals surface area contributed by atoms with E-state index in [2.05, 4.69) is 24.3 Å². The van der Waals surface area contributed by atoms with E-state index in [-0.39, 0.29) is 18.1 Å². The fraction of sp³-hybridized carbons (Fsp3) is 0.222. The van der Waals surface area contributed by atoms with E-state index in [0.29, 0.717) is 6.54 Å². The highest BCUT2D eigenvalue weighted by molar-refractivity contribution is 5.92. The molecule has 154 valence electrons. The fourth-order valence-corrected chi connectivity index (χ4v) is 3.52. The van der Waals surface area contributed by atoms with E-state index in [1.807, 2.05) is 92.4 Å². The molecule has 3 aromatic rings. The largest absolute Gasteiger partial charge is 0.491 e. The standard InChI is InChI=1S/C27H29NO2/c1-4-28(26(29)19-18-22-12-11-17-25(20-22)30-21(2)3)27(23-13-7-5-8-14-23)24-15-9-6-10-16-24/h5-21,27H,4H2,1-3H3/b19-18+. The summed E-state index contributed by atoms with van der Waals surface area (Å²) >= 11 is 0. The predicted octanol–water partition coefficient (Wildman–Crippen LogP) is 6.13. The van der Waals surface area contributed by atoms with Crippen LogP contribution in [-0.4, -0.2) is 23.5 Å². The van der Waals surface area contributed by atoms with Gasteiger partial charge in [0.1, 0.15) is 5.75 Å². The van der Waals surface area contributed by atoms with Crippen LogP contribution in [0, 0.1) is 0 Å². The molecule has 0 heterocycles.